The van der Waals surface area contributed by atoms with Gasteiger partial charge in [-0.1, -0.05) is 13.0 Å². The van der Waals surface area contributed by atoms with Crippen molar-refractivity contribution in [3.05, 3.63) is 34.9 Å². The third-order valence-corrected chi connectivity index (χ3v) is 2.29. The molecular weight excluding hydrogens is 200 g/mol. The summed E-state index contributed by atoms with van der Waals surface area (Å²) < 4.78 is 30.8. The van der Waals surface area contributed by atoms with E-state index in [4.69, 9.17) is 10.00 Å². The number of rotatable bonds is 3. The van der Waals surface area contributed by atoms with E-state index in [-0.39, 0.29) is 5.56 Å². The Kier molecular flexibility index (Phi) is 3.62. The first-order valence-electron chi connectivity index (χ1n) is 4.61. The van der Waals surface area contributed by atoms with Gasteiger partial charge in [0, 0.05) is 0 Å². The molecule has 2 nitrogen and oxygen atoms in total. The summed E-state index contributed by atoms with van der Waals surface area (Å²) in [6.07, 6.45) is 1.58. The Labute approximate surface area is 87.1 Å². The average molecular weight is 211 g/mol. The van der Waals surface area contributed by atoms with Crippen molar-refractivity contribution in [1.29, 1.82) is 5.26 Å². The van der Waals surface area contributed by atoms with Crippen LogP contribution in [0.4, 0.5) is 8.78 Å². The van der Waals surface area contributed by atoms with Crippen molar-refractivity contribution < 1.29 is 13.5 Å². The van der Waals surface area contributed by atoms with Gasteiger partial charge in [-0.2, -0.15) is 5.26 Å². The van der Waals surface area contributed by atoms with Gasteiger partial charge in [-0.15, -0.1) is 0 Å². The fraction of sp³-hybridized carbons (Fsp3) is 0.364. The van der Waals surface area contributed by atoms with Crippen LogP contribution in [-0.4, -0.2) is 0 Å². The van der Waals surface area contributed by atoms with Crippen LogP contribution in [0.25, 0.3) is 0 Å². The molecule has 0 aliphatic heterocycles. The van der Waals surface area contributed by atoms with Crippen LogP contribution in [0.2, 0.25) is 0 Å². The third kappa shape index (κ3) is 2.24. The van der Waals surface area contributed by atoms with E-state index in [1.54, 1.807) is 6.26 Å². The molecule has 1 aromatic rings. The predicted molar refractivity (Wildman–Crippen MR) is 50.8 cm³/mol. The Morgan fingerprint density at radius 3 is 2.67 bits per heavy atom. The number of halogens is 2. The second-order valence-electron chi connectivity index (χ2n) is 3.18. The van der Waals surface area contributed by atoms with Crippen LogP contribution in [0.1, 0.15) is 30.6 Å². The van der Waals surface area contributed by atoms with E-state index in [1.807, 2.05) is 6.92 Å². The van der Waals surface area contributed by atoms with Crippen molar-refractivity contribution in [2.24, 2.45) is 0 Å². The van der Waals surface area contributed by atoms with E-state index in [0.717, 1.165) is 6.07 Å². The van der Waals surface area contributed by atoms with Crippen LogP contribution >= 0.6 is 0 Å². The molecule has 0 aliphatic rings. The lowest BCUT2D eigenvalue weighted by molar-refractivity contribution is 0.158. The molecule has 0 amide bonds. The highest BCUT2D eigenvalue weighted by Crippen LogP contribution is 2.26. The van der Waals surface area contributed by atoms with Gasteiger partial charge in [0.25, 0.3) is 6.26 Å². The van der Waals surface area contributed by atoms with Crippen molar-refractivity contribution in [2.75, 3.05) is 0 Å². The summed E-state index contributed by atoms with van der Waals surface area (Å²) in [6, 6.07) is 2.49. The Morgan fingerprint density at radius 2 is 2.13 bits per heavy atom. The maximum absolute atomic E-state index is 13.2. The minimum Gasteiger partial charge on any atom is -0.419 e. The fourth-order valence-electron chi connectivity index (χ4n) is 1.45. The number of hydrogen-bond donors (Lipinski definition) is 0. The molecular formula is C11H11F2NO. The van der Waals surface area contributed by atoms with E-state index in [1.165, 1.54) is 13.0 Å². The quantitative estimate of drug-likeness (QED) is 0.719. The van der Waals surface area contributed by atoms with E-state index in [9.17, 15) is 8.78 Å². The van der Waals surface area contributed by atoms with Gasteiger partial charge in [-0.05, 0) is 30.5 Å². The van der Waals surface area contributed by atoms with Gasteiger partial charge >= 0.3 is 0 Å². The number of hydrogen-bond acceptors (Lipinski definition) is 2. The molecule has 0 bridgehead atoms. The molecule has 4 heteroatoms. The number of benzene rings is 1. The lowest BCUT2D eigenvalue weighted by atomic mass is 10.0. The van der Waals surface area contributed by atoms with Gasteiger partial charge in [0.1, 0.15) is 6.10 Å². The number of nitriles is 1. The zero-order valence-corrected chi connectivity index (χ0v) is 8.55. The zero-order chi connectivity index (χ0) is 11.4. The van der Waals surface area contributed by atoms with Gasteiger partial charge in [0.15, 0.2) is 11.6 Å². The Hall–Kier alpha value is -1.63. The molecule has 0 unspecified atom stereocenters. The van der Waals surface area contributed by atoms with Crippen LogP contribution in [0.5, 0.6) is 0 Å². The molecule has 0 saturated heterocycles. The zero-order valence-electron chi connectivity index (χ0n) is 8.55. The smallest absolute Gasteiger partial charge is 0.286 e. The first kappa shape index (κ1) is 11.4. The molecule has 0 aliphatic carbocycles. The molecule has 0 saturated carbocycles. The molecule has 0 spiro atoms. The Balaban J connectivity index is 3.14. The molecule has 15 heavy (non-hydrogen) atoms. The molecule has 1 rings (SSSR count). The van der Waals surface area contributed by atoms with Gasteiger partial charge in [0.2, 0.25) is 0 Å². The van der Waals surface area contributed by atoms with E-state index < -0.39 is 17.7 Å². The minimum atomic E-state index is -0.886. The average Bonchev–Trinajstić information content (AvgIpc) is 2.24. The summed E-state index contributed by atoms with van der Waals surface area (Å²) in [5, 5.41) is 8.40. The first-order valence-corrected chi connectivity index (χ1v) is 4.61. The van der Waals surface area contributed by atoms with Crippen molar-refractivity contribution in [3.8, 4) is 6.26 Å². The van der Waals surface area contributed by atoms with Gasteiger partial charge in [-0.25, -0.2) is 8.78 Å². The third-order valence-electron chi connectivity index (χ3n) is 2.29. The van der Waals surface area contributed by atoms with Gasteiger partial charge < -0.3 is 4.74 Å². The van der Waals surface area contributed by atoms with Crippen molar-refractivity contribution in [2.45, 2.75) is 26.4 Å². The van der Waals surface area contributed by atoms with Crippen LogP contribution in [0.15, 0.2) is 12.1 Å². The molecule has 80 valence electrons. The molecule has 0 radical (unpaired) electrons. The second-order valence-corrected chi connectivity index (χ2v) is 3.18. The maximum atomic E-state index is 13.2. The highest BCUT2D eigenvalue weighted by Gasteiger charge is 2.17. The minimum absolute atomic E-state index is 0.192. The van der Waals surface area contributed by atoms with Gasteiger partial charge in [0.05, 0.1) is 0 Å². The highest BCUT2D eigenvalue weighted by atomic mass is 19.2. The standard InChI is InChI=1S/C11H11F2NO/c1-3-10(15-6-14)8-4-5-9(12)11(13)7(8)2/h4-5,10H,3H2,1-2H3/t10-/m1/s1. The largest absolute Gasteiger partial charge is 0.419 e. The molecule has 1 aromatic carbocycles. The fourth-order valence-corrected chi connectivity index (χ4v) is 1.45. The molecule has 0 fully saturated rings. The SMILES string of the molecule is CC[C@@H](OC#N)c1ccc(F)c(F)c1C. The lowest BCUT2D eigenvalue weighted by Gasteiger charge is -2.15. The van der Waals surface area contributed by atoms with Crippen molar-refractivity contribution in [1.82, 2.24) is 0 Å². The molecule has 1 atom stereocenters. The van der Waals surface area contributed by atoms with Gasteiger partial charge in [-0.3, -0.25) is 0 Å². The lowest BCUT2D eigenvalue weighted by Crippen LogP contribution is -2.04. The van der Waals surface area contributed by atoms with Crippen LogP contribution in [0.3, 0.4) is 0 Å². The number of ether oxygens (including phenoxy) is 1. The second kappa shape index (κ2) is 4.74. The van der Waals surface area contributed by atoms with Crippen LogP contribution in [-0.2, 0) is 4.74 Å². The van der Waals surface area contributed by atoms with E-state index >= 15 is 0 Å². The summed E-state index contributed by atoms with van der Waals surface area (Å²) in [4.78, 5) is 0. The summed E-state index contributed by atoms with van der Waals surface area (Å²) in [5.74, 6) is -1.77. The Morgan fingerprint density at radius 1 is 1.47 bits per heavy atom. The Bertz CT molecular complexity index is 398. The maximum Gasteiger partial charge on any atom is 0.286 e. The molecule has 0 heterocycles. The van der Waals surface area contributed by atoms with E-state index in [0.29, 0.717) is 12.0 Å². The topological polar surface area (TPSA) is 33.0 Å². The van der Waals surface area contributed by atoms with Crippen LogP contribution in [0, 0.1) is 30.1 Å². The predicted octanol–water partition coefficient (Wildman–Crippen LogP) is 3.22. The highest BCUT2D eigenvalue weighted by molar-refractivity contribution is 5.30. The molecule has 0 aromatic heterocycles. The monoisotopic (exact) mass is 211 g/mol. The first-order chi connectivity index (χ1) is 7.11. The van der Waals surface area contributed by atoms with Crippen LogP contribution < -0.4 is 0 Å². The summed E-state index contributed by atoms with van der Waals surface area (Å²) in [6.45, 7) is 3.28. The summed E-state index contributed by atoms with van der Waals surface area (Å²) >= 11 is 0. The summed E-state index contributed by atoms with van der Waals surface area (Å²) in [5.41, 5.74) is 0.704. The van der Waals surface area contributed by atoms with E-state index in [2.05, 4.69) is 0 Å². The normalized spacial score (nSPS) is 11.9. The van der Waals surface area contributed by atoms with Crippen molar-refractivity contribution >= 4 is 0 Å². The molecule has 0 N–H and O–H groups in total. The summed E-state index contributed by atoms with van der Waals surface area (Å²) in [7, 11) is 0. The van der Waals surface area contributed by atoms with Crippen molar-refractivity contribution in [3.63, 3.8) is 0 Å². The number of nitrogens with zero attached hydrogens (tertiary/aromatic N) is 1.